The van der Waals surface area contributed by atoms with E-state index in [1.807, 2.05) is 12.1 Å². The monoisotopic (exact) mass is 536 g/mol. The number of rotatable bonds is 10. The molecule has 0 atom stereocenters. The lowest BCUT2D eigenvalue weighted by Crippen LogP contribution is -2.38. The van der Waals surface area contributed by atoms with Crippen molar-refractivity contribution in [1.82, 2.24) is 25.8 Å². The zero-order valence-electron chi connectivity index (χ0n) is 18.5. The quantitative estimate of drug-likeness (QED) is 0.153. The number of furan rings is 1. The van der Waals surface area contributed by atoms with Crippen molar-refractivity contribution in [3.63, 3.8) is 0 Å². The van der Waals surface area contributed by atoms with Crippen LogP contribution in [0.15, 0.2) is 52.1 Å². The van der Waals surface area contributed by atoms with Crippen molar-refractivity contribution < 1.29 is 4.42 Å². The zero-order chi connectivity index (χ0) is 21.2. The molecular weight excluding hydrogens is 503 g/mol. The van der Waals surface area contributed by atoms with Crippen molar-refractivity contribution in [1.29, 1.82) is 0 Å². The van der Waals surface area contributed by atoms with E-state index in [0.29, 0.717) is 17.5 Å². The molecule has 0 aliphatic rings. The number of hydrogen-bond donors (Lipinski definition) is 3. The van der Waals surface area contributed by atoms with Gasteiger partial charge in [0.05, 0.1) is 6.26 Å². The fourth-order valence-corrected chi connectivity index (χ4v) is 3.11. The predicted octanol–water partition coefficient (Wildman–Crippen LogP) is 4.54. The lowest BCUT2D eigenvalue weighted by Gasteiger charge is -2.10. The summed E-state index contributed by atoms with van der Waals surface area (Å²) in [7, 11) is 0. The SMILES string of the molecule is CCNC(=NCCCc1ccc(C(C)C)cc1)NCCc1nc(-c2ccco2)n[nH]1.I. The number of benzene rings is 1. The molecule has 0 unspecified atom stereocenters. The van der Waals surface area contributed by atoms with E-state index in [1.165, 1.54) is 11.1 Å². The van der Waals surface area contributed by atoms with Crippen LogP contribution in [0.1, 0.15) is 50.1 Å². The van der Waals surface area contributed by atoms with Gasteiger partial charge in [-0.05, 0) is 48.9 Å². The number of aromatic amines is 1. The van der Waals surface area contributed by atoms with Crippen LogP contribution in [-0.2, 0) is 12.8 Å². The van der Waals surface area contributed by atoms with Gasteiger partial charge in [0, 0.05) is 26.1 Å². The van der Waals surface area contributed by atoms with Crippen LogP contribution in [0, 0.1) is 0 Å². The van der Waals surface area contributed by atoms with E-state index < -0.39 is 0 Å². The fraction of sp³-hybridized carbons (Fsp3) is 0.435. The number of nitrogens with one attached hydrogen (secondary N) is 3. The first-order valence-corrected chi connectivity index (χ1v) is 10.7. The molecule has 0 amide bonds. The van der Waals surface area contributed by atoms with Gasteiger partial charge in [-0.1, -0.05) is 38.1 Å². The van der Waals surface area contributed by atoms with Crippen LogP contribution in [0.4, 0.5) is 0 Å². The molecule has 3 N–H and O–H groups in total. The standard InChI is InChI=1S/C23H32N6O.HI/c1-4-24-23(25-14-5-7-18-9-11-19(12-10-18)17(2)3)26-15-13-21-27-22(29-28-21)20-8-6-16-30-20;/h6,8-12,16-17H,4-5,7,13-15H2,1-3H3,(H2,24,25,26)(H,27,28,29);1H. The fourth-order valence-electron chi connectivity index (χ4n) is 3.11. The van der Waals surface area contributed by atoms with Crippen molar-refractivity contribution in [2.75, 3.05) is 19.6 Å². The van der Waals surface area contributed by atoms with Crippen LogP contribution in [0.5, 0.6) is 0 Å². The van der Waals surface area contributed by atoms with Crippen molar-refractivity contribution in [2.45, 2.75) is 46.0 Å². The normalized spacial score (nSPS) is 11.4. The average molecular weight is 536 g/mol. The summed E-state index contributed by atoms with van der Waals surface area (Å²) in [5, 5.41) is 13.8. The Kier molecular flexibility index (Phi) is 10.6. The van der Waals surface area contributed by atoms with Gasteiger partial charge in [-0.25, -0.2) is 4.98 Å². The number of nitrogens with zero attached hydrogens (tertiary/aromatic N) is 3. The van der Waals surface area contributed by atoms with Gasteiger partial charge in [0.2, 0.25) is 5.82 Å². The molecule has 8 heteroatoms. The lowest BCUT2D eigenvalue weighted by atomic mass is 10.0. The Morgan fingerprint density at radius 3 is 2.61 bits per heavy atom. The van der Waals surface area contributed by atoms with E-state index in [9.17, 15) is 0 Å². The van der Waals surface area contributed by atoms with Crippen LogP contribution in [0.2, 0.25) is 0 Å². The maximum absolute atomic E-state index is 5.32. The first-order valence-electron chi connectivity index (χ1n) is 10.7. The second-order valence-corrected chi connectivity index (χ2v) is 7.52. The predicted molar refractivity (Wildman–Crippen MR) is 136 cm³/mol. The van der Waals surface area contributed by atoms with Gasteiger partial charge in [-0.2, -0.15) is 5.10 Å². The number of guanidine groups is 1. The smallest absolute Gasteiger partial charge is 0.216 e. The van der Waals surface area contributed by atoms with Gasteiger partial charge in [0.1, 0.15) is 5.82 Å². The van der Waals surface area contributed by atoms with Gasteiger partial charge in [0.25, 0.3) is 0 Å². The second-order valence-electron chi connectivity index (χ2n) is 7.52. The van der Waals surface area contributed by atoms with Crippen LogP contribution >= 0.6 is 24.0 Å². The molecule has 0 fully saturated rings. The summed E-state index contributed by atoms with van der Waals surface area (Å²) in [6.45, 7) is 8.84. The molecule has 3 aromatic rings. The minimum atomic E-state index is 0. The topological polar surface area (TPSA) is 91.1 Å². The summed E-state index contributed by atoms with van der Waals surface area (Å²) in [5.74, 6) is 3.47. The molecule has 0 bridgehead atoms. The van der Waals surface area contributed by atoms with E-state index in [4.69, 9.17) is 4.42 Å². The Morgan fingerprint density at radius 2 is 1.94 bits per heavy atom. The van der Waals surface area contributed by atoms with Crippen LogP contribution in [0.3, 0.4) is 0 Å². The van der Waals surface area contributed by atoms with Crippen LogP contribution in [0.25, 0.3) is 11.6 Å². The molecule has 0 saturated carbocycles. The molecule has 0 aliphatic heterocycles. The average Bonchev–Trinajstić information content (AvgIpc) is 3.43. The van der Waals surface area contributed by atoms with Gasteiger partial charge >= 0.3 is 0 Å². The van der Waals surface area contributed by atoms with Crippen molar-refractivity contribution in [3.05, 3.63) is 59.6 Å². The molecule has 0 saturated heterocycles. The second kappa shape index (κ2) is 13.1. The molecule has 2 aromatic heterocycles. The summed E-state index contributed by atoms with van der Waals surface area (Å²) in [4.78, 5) is 9.15. The molecule has 0 aliphatic carbocycles. The van der Waals surface area contributed by atoms with E-state index in [0.717, 1.165) is 50.7 Å². The van der Waals surface area contributed by atoms with Gasteiger partial charge < -0.3 is 15.1 Å². The molecule has 31 heavy (non-hydrogen) atoms. The van der Waals surface area contributed by atoms with E-state index in [2.05, 4.69) is 75.8 Å². The van der Waals surface area contributed by atoms with Crippen molar-refractivity contribution in [3.8, 4) is 11.6 Å². The van der Waals surface area contributed by atoms with Gasteiger partial charge in [-0.3, -0.25) is 10.1 Å². The molecule has 3 rings (SSSR count). The Labute approximate surface area is 201 Å². The van der Waals surface area contributed by atoms with E-state index in [1.54, 1.807) is 6.26 Å². The summed E-state index contributed by atoms with van der Waals surface area (Å²) < 4.78 is 5.32. The molecule has 1 aromatic carbocycles. The Morgan fingerprint density at radius 1 is 1.13 bits per heavy atom. The van der Waals surface area contributed by atoms with Gasteiger partial charge in [-0.15, -0.1) is 24.0 Å². The molecular formula is C23H33IN6O. The molecule has 7 nitrogen and oxygen atoms in total. The highest BCUT2D eigenvalue weighted by atomic mass is 127. The first kappa shape index (κ1) is 24.9. The number of hydrogen-bond acceptors (Lipinski definition) is 4. The van der Waals surface area contributed by atoms with E-state index >= 15 is 0 Å². The van der Waals surface area contributed by atoms with Crippen LogP contribution < -0.4 is 10.6 Å². The first-order chi connectivity index (χ1) is 14.7. The largest absolute Gasteiger partial charge is 0.461 e. The maximum atomic E-state index is 5.32. The molecule has 0 radical (unpaired) electrons. The third kappa shape index (κ3) is 8.01. The summed E-state index contributed by atoms with van der Waals surface area (Å²) in [6, 6.07) is 12.6. The van der Waals surface area contributed by atoms with Crippen molar-refractivity contribution in [2.24, 2.45) is 4.99 Å². The summed E-state index contributed by atoms with van der Waals surface area (Å²) >= 11 is 0. The minimum absolute atomic E-state index is 0. The third-order valence-electron chi connectivity index (χ3n) is 4.81. The highest BCUT2D eigenvalue weighted by molar-refractivity contribution is 14.0. The lowest BCUT2D eigenvalue weighted by molar-refractivity contribution is 0.577. The Bertz CT molecular complexity index is 903. The number of halogens is 1. The Balaban J connectivity index is 0.00000341. The summed E-state index contributed by atoms with van der Waals surface area (Å²) in [6.07, 6.45) is 4.40. The molecule has 168 valence electrons. The highest BCUT2D eigenvalue weighted by Gasteiger charge is 2.08. The molecule has 2 heterocycles. The zero-order valence-corrected chi connectivity index (χ0v) is 20.8. The third-order valence-corrected chi connectivity index (χ3v) is 4.81. The maximum Gasteiger partial charge on any atom is 0.216 e. The number of H-pyrrole nitrogens is 1. The van der Waals surface area contributed by atoms with E-state index in [-0.39, 0.29) is 24.0 Å². The van der Waals surface area contributed by atoms with Crippen LogP contribution in [-0.4, -0.2) is 40.8 Å². The van der Waals surface area contributed by atoms with Crippen molar-refractivity contribution >= 4 is 29.9 Å². The number of aliphatic imine (C=N–C) groups is 1. The van der Waals surface area contributed by atoms with Gasteiger partial charge in [0.15, 0.2) is 11.7 Å². The number of aromatic nitrogens is 3. The molecule has 0 spiro atoms. The number of aryl methyl sites for hydroxylation is 1. The minimum Gasteiger partial charge on any atom is -0.461 e. The Hall–Kier alpha value is -2.36. The highest BCUT2D eigenvalue weighted by Crippen LogP contribution is 2.16. The summed E-state index contributed by atoms with van der Waals surface area (Å²) in [5.41, 5.74) is 2.75.